The average Bonchev–Trinajstić information content (AvgIpc) is 2.47. The van der Waals surface area contributed by atoms with Crippen molar-refractivity contribution in [1.29, 1.82) is 0 Å². The van der Waals surface area contributed by atoms with Crippen LogP contribution in [0.5, 0.6) is 0 Å². The van der Waals surface area contributed by atoms with Crippen LogP contribution in [0.15, 0.2) is 36.7 Å². The standard InChI is InChI=1S/C14H17N5O/c1-9-6-12(7-13(17-9)19-15)14(20)18-10(2)11-4-3-5-16-8-11/h3-8,10H,15H2,1-2H3,(H,17,19)(H,18,20). The van der Waals surface area contributed by atoms with Gasteiger partial charge in [0.2, 0.25) is 0 Å². The number of amides is 1. The molecule has 2 aromatic rings. The Kier molecular flexibility index (Phi) is 4.27. The van der Waals surface area contributed by atoms with Crippen LogP contribution in [0.25, 0.3) is 0 Å². The quantitative estimate of drug-likeness (QED) is 0.579. The third-order valence-corrected chi connectivity index (χ3v) is 2.90. The highest BCUT2D eigenvalue weighted by Crippen LogP contribution is 2.13. The molecule has 0 fully saturated rings. The minimum absolute atomic E-state index is 0.126. The van der Waals surface area contributed by atoms with Crippen molar-refractivity contribution in [2.24, 2.45) is 5.84 Å². The Bertz CT molecular complexity index is 600. The molecule has 0 aliphatic carbocycles. The third-order valence-electron chi connectivity index (χ3n) is 2.90. The smallest absolute Gasteiger partial charge is 0.251 e. The van der Waals surface area contributed by atoms with Gasteiger partial charge in [-0.3, -0.25) is 9.78 Å². The number of nitrogens with two attached hydrogens (primary N) is 1. The lowest BCUT2D eigenvalue weighted by atomic mass is 10.1. The van der Waals surface area contributed by atoms with Crippen LogP contribution in [-0.2, 0) is 0 Å². The molecule has 4 N–H and O–H groups in total. The summed E-state index contributed by atoms with van der Waals surface area (Å²) in [5, 5.41) is 2.92. The molecule has 1 atom stereocenters. The van der Waals surface area contributed by atoms with Crippen LogP contribution in [0.1, 0.15) is 34.6 Å². The maximum atomic E-state index is 12.2. The molecule has 20 heavy (non-hydrogen) atoms. The van der Waals surface area contributed by atoms with Crippen molar-refractivity contribution < 1.29 is 4.79 Å². The highest BCUT2D eigenvalue weighted by atomic mass is 16.1. The molecule has 2 rings (SSSR count). The average molecular weight is 271 g/mol. The van der Waals surface area contributed by atoms with Crippen molar-refractivity contribution in [3.05, 3.63) is 53.5 Å². The fraction of sp³-hybridized carbons (Fsp3) is 0.214. The van der Waals surface area contributed by atoms with Gasteiger partial charge >= 0.3 is 0 Å². The summed E-state index contributed by atoms with van der Waals surface area (Å²) in [6.07, 6.45) is 3.43. The molecule has 0 aromatic carbocycles. The van der Waals surface area contributed by atoms with Crippen molar-refractivity contribution in [2.75, 3.05) is 5.43 Å². The van der Waals surface area contributed by atoms with Crippen LogP contribution in [0.4, 0.5) is 5.82 Å². The van der Waals surface area contributed by atoms with Crippen molar-refractivity contribution in [3.8, 4) is 0 Å². The summed E-state index contributed by atoms with van der Waals surface area (Å²) < 4.78 is 0. The van der Waals surface area contributed by atoms with E-state index in [1.807, 2.05) is 26.0 Å². The number of nitrogen functional groups attached to an aromatic ring is 1. The van der Waals surface area contributed by atoms with Crippen molar-refractivity contribution in [2.45, 2.75) is 19.9 Å². The van der Waals surface area contributed by atoms with E-state index in [1.54, 1.807) is 24.5 Å². The monoisotopic (exact) mass is 271 g/mol. The van der Waals surface area contributed by atoms with Gasteiger partial charge in [-0.15, -0.1) is 0 Å². The molecule has 6 heteroatoms. The van der Waals surface area contributed by atoms with Crippen LogP contribution in [-0.4, -0.2) is 15.9 Å². The Hall–Kier alpha value is -2.47. The predicted octanol–water partition coefficient (Wildman–Crippen LogP) is 1.56. The summed E-state index contributed by atoms with van der Waals surface area (Å²) >= 11 is 0. The first-order chi connectivity index (χ1) is 9.60. The minimum atomic E-state index is -0.177. The molecule has 0 aliphatic rings. The first-order valence-corrected chi connectivity index (χ1v) is 6.26. The van der Waals surface area contributed by atoms with Gasteiger partial charge in [0.15, 0.2) is 0 Å². The summed E-state index contributed by atoms with van der Waals surface area (Å²) in [6, 6.07) is 6.96. The van der Waals surface area contributed by atoms with E-state index in [4.69, 9.17) is 5.84 Å². The molecule has 0 radical (unpaired) electrons. The fourth-order valence-electron chi connectivity index (χ4n) is 1.87. The SMILES string of the molecule is Cc1cc(C(=O)NC(C)c2cccnc2)cc(NN)n1. The van der Waals surface area contributed by atoms with E-state index < -0.39 is 0 Å². The van der Waals surface area contributed by atoms with Gasteiger partial charge in [-0.2, -0.15) is 0 Å². The second-order valence-electron chi connectivity index (χ2n) is 4.51. The summed E-state index contributed by atoms with van der Waals surface area (Å²) in [7, 11) is 0. The summed E-state index contributed by atoms with van der Waals surface area (Å²) in [6.45, 7) is 3.72. The van der Waals surface area contributed by atoms with E-state index in [-0.39, 0.29) is 11.9 Å². The van der Waals surface area contributed by atoms with Crippen LogP contribution in [0, 0.1) is 6.92 Å². The van der Waals surface area contributed by atoms with E-state index in [9.17, 15) is 4.79 Å². The number of carbonyl (C=O) groups is 1. The Morgan fingerprint density at radius 3 is 2.85 bits per heavy atom. The van der Waals surface area contributed by atoms with Crippen molar-refractivity contribution in [1.82, 2.24) is 15.3 Å². The number of carbonyl (C=O) groups excluding carboxylic acids is 1. The zero-order valence-corrected chi connectivity index (χ0v) is 11.4. The number of pyridine rings is 2. The molecule has 2 aromatic heterocycles. The van der Waals surface area contributed by atoms with Gasteiger partial charge < -0.3 is 10.7 Å². The molecular formula is C14H17N5O. The first-order valence-electron chi connectivity index (χ1n) is 6.26. The van der Waals surface area contributed by atoms with Gasteiger partial charge in [0, 0.05) is 23.7 Å². The lowest BCUT2D eigenvalue weighted by molar-refractivity contribution is 0.0939. The van der Waals surface area contributed by atoms with E-state index in [2.05, 4.69) is 20.7 Å². The predicted molar refractivity (Wildman–Crippen MR) is 76.9 cm³/mol. The minimum Gasteiger partial charge on any atom is -0.345 e. The maximum absolute atomic E-state index is 12.2. The van der Waals surface area contributed by atoms with Gasteiger partial charge in [-0.05, 0) is 37.6 Å². The van der Waals surface area contributed by atoms with Crippen LogP contribution in [0.2, 0.25) is 0 Å². The zero-order valence-electron chi connectivity index (χ0n) is 11.4. The normalized spacial score (nSPS) is 11.8. The number of nitrogens with zero attached hydrogens (tertiary/aromatic N) is 2. The molecule has 0 aliphatic heterocycles. The molecule has 0 saturated carbocycles. The Morgan fingerprint density at radius 2 is 2.20 bits per heavy atom. The van der Waals surface area contributed by atoms with Gasteiger partial charge in [-0.1, -0.05) is 6.07 Å². The highest BCUT2D eigenvalue weighted by Gasteiger charge is 2.12. The summed E-state index contributed by atoms with van der Waals surface area (Å²) in [4.78, 5) is 20.4. The lowest BCUT2D eigenvalue weighted by Crippen LogP contribution is -2.27. The number of hydrazine groups is 1. The number of hydrogen-bond donors (Lipinski definition) is 3. The first kappa shape index (κ1) is 14.0. The molecule has 0 spiro atoms. The number of rotatable bonds is 4. The highest BCUT2D eigenvalue weighted by molar-refractivity contribution is 5.95. The molecule has 1 amide bonds. The second kappa shape index (κ2) is 6.12. The molecule has 6 nitrogen and oxygen atoms in total. The van der Waals surface area contributed by atoms with E-state index in [0.29, 0.717) is 11.4 Å². The maximum Gasteiger partial charge on any atom is 0.251 e. The number of aromatic nitrogens is 2. The molecule has 2 heterocycles. The molecule has 1 unspecified atom stereocenters. The zero-order chi connectivity index (χ0) is 14.5. The largest absolute Gasteiger partial charge is 0.345 e. The van der Waals surface area contributed by atoms with Gasteiger partial charge in [0.1, 0.15) is 5.82 Å². The van der Waals surface area contributed by atoms with Gasteiger partial charge in [-0.25, -0.2) is 10.8 Å². The molecule has 0 saturated heterocycles. The number of nitrogens with one attached hydrogen (secondary N) is 2. The lowest BCUT2D eigenvalue weighted by Gasteiger charge is -2.14. The van der Waals surface area contributed by atoms with Gasteiger partial charge in [0.25, 0.3) is 5.91 Å². The summed E-state index contributed by atoms with van der Waals surface area (Å²) in [5.74, 6) is 5.61. The second-order valence-corrected chi connectivity index (χ2v) is 4.51. The van der Waals surface area contributed by atoms with E-state index in [1.165, 1.54) is 0 Å². The van der Waals surface area contributed by atoms with Gasteiger partial charge in [0.05, 0.1) is 6.04 Å². The third kappa shape index (κ3) is 3.30. The van der Waals surface area contributed by atoms with E-state index in [0.717, 1.165) is 11.3 Å². The Balaban J connectivity index is 2.14. The Morgan fingerprint density at radius 1 is 1.40 bits per heavy atom. The van der Waals surface area contributed by atoms with Crippen LogP contribution in [0.3, 0.4) is 0 Å². The topological polar surface area (TPSA) is 92.9 Å². The fourth-order valence-corrected chi connectivity index (χ4v) is 1.87. The van der Waals surface area contributed by atoms with Crippen LogP contribution < -0.4 is 16.6 Å². The van der Waals surface area contributed by atoms with Crippen LogP contribution >= 0.6 is 0 Å². The van der Waals surface area contributed by atoms with Crippen molar-refractivity contribution >= 4 is 11.7 Å². The number of hydrogen-bond acceptors (Lipinski definition) is 5. The number of anilines is 1. The molecular weight excluding hydrogens is 254 g/mol. The molecule has 104 valence electrons. The molecule has 0 bridgehead atoms. The Labute approximate surface area is 117 Å². The number of aryl methyl sites for hydroxylation is 1. The van der Waals surface area contributed by atoms with Crippen molar-refractivity contribution in [3.63, 3.8) is 0 Å². The van der Waals surface area contributed by atoms with E-state index >= 15 is 0 Å². The summed E-state index contributed by atoms with van der Waals surface area (Å²) in [5.41, 5.74) is 4.63.